The minimum Gasteiger partial charge on any atom is -0.466 e. The number of amides is 1. The van der Waals surface area contributed by atoms with Crippen LogP contribution in [-0.4, -0.2) is 25.0 Å². The summed E-state index contributed by atoms with van der Waals surface area (Å²) in [5.74, 6) is 0.110. The third-order valence-electron chi connectivity index (χ3n) is 3.99. The van der Waals surface area contributed by atoms with E-state index in [2.05, 4.69) is 19.1 Å². The highest BCUT2D eigenvalue weighted by Gasteiger charge is 2.32. The van der Waals surface area contributed by atoms with Crippen molar-refractivity contribution in [2.24, 2.45) is 0 Å². The Morgan fingerprint density at radius 3 is 2.67 bits per heavy atom. The highest BCUT2D eigenvalue weighted by atomic mass is 16.5. The van der Waals surface area contributed by atoms with Gasteiger partial charge in [-0.1, -0.05) is 6.07 Å². The standard InChI is InChI=1S/C17H23NO3/c1-5-21-16(20)7-6-14-10-18(13(4)19)15-9-11(2)8-12(3)17(14)15/h8-9,14H,5-7,10H2,1-4H3. The van der Waals surface area contributed by atoms with Gasteiger partial charge in [0.25, 0.3) is 0 Å². The van der Waals surface area contributed by atoms with Crippen molar-refractivity contribution in [3.8, 4) is 0 Å². The number of hydrogen-bond acceptors (Lipinski definition) is 3. The number of fused-ring (bicyclic) bond motifs is 1. The molecule has 1 aliphatic heterocycles. The van der Waals surface area contributed by atoms with E-state index in [4.69, 9.17) is 4.74 Å². The topological polar surface area (TPSA) is 46.6 Å². The molecule has 4 nitrogen and oxygen atoms in total. The molecule has 0 aliphatic carbocycles. The van der Waals surface area contributed by atoms with Gasteiger partial charge in [-0.2, -0.15) is 0 Å². The maximum Gasteiger partial charge on any atom is 0.305 e. The van der Waals surface area contributed by atoms with E-state index in [-0.39, 0.29) is 17.8 Å². The van der Waals surface area contributed by atoms with Crippen molar-refractivity contribution < 1.29 is 14.3 Å². The Morgan fingerprint density at radius 1 is 1.33 bits per heavy atom. The fourth-order valence-corrected chi connectivity index (χ4v) is 3.18. The minimum atomic E-state index is -0.162. The second kappa shape index (κ2) is 6.29. The molecule has 0 saturated heterocycles. The Balaban J connectivity index is 2.23. The van der Waals surface area contributed by atoms with Crippen LogP contribution in [0.5, 0.6) is 0 Å². The van der Waals surface area contributed by atoms with E-state index in [9.17, 15) is 9.59 Å². The summed E-state index contributed by atoms with van der Waals surface area (Å²) in [4.78, 5) is 25.2. The first-order valence-electron chi connectivity index (χ1n) is 7.49. The van der Waals surface area contributed by atoms with Gasteiger partial charge in [0.1, 0.15) is 0 Å². The van der Waals surface area contributed by atoms with E-state index in [1.807, 2.05) is 18.7 Å². The van der Waals surface area contributed by atoms with Crippen molar-refractivity contribution in [1.29, 1.82) is 0 Å². The Hall–Kier alpha value is -1.84. The van der Waals surface area contributed by atoms with Crippen molar-refractivity contribution in [2.45, 2.75) is 46.5 Å². The summed E-state index contributed by atoms with van der Waals surface area (Å²) >= 11 is 0. The van der Waals surface area contributed by atoms with E-state index in [0.29, 0.717) is 19.6 Å². The molecule has 0 radical (unpaired) electrons. The van der Waals surface area contributed by atoms with Crippen LogP contribution in [-0.2, 0) is 14.3 Å². The molecule has 4 heteroatoms. The lowest BCUT2D eigenvalue weighted by Crippen LogP contribution is -2.27. The Labute approximate surface area is 126 Å². The largest absolute Gasteiger partial charge is 0.466 e. The molecule has 0 bridgehead atoms. The van der Waals surface area contributed by atoms with Crippen LogP contribution < -0.4 is 4.90 Å². The number of hydrogen-bond donors (Lipinski definition) is 0. The average Bonchev–Trinajstić information content (AvgIpc) is 2.75. The van der Waals surface area contributed by atoms with Gasteiger partial charge in [0.05, 0.1) is 6.61 Å². The third kappa shape index (κ3) is 3.26. The van der Waals surface area contributed by atoms with Gasteiger partial charge in [0.2, 0.25) is 5.91 Å². The van der Waals surface area contributed by atoms with Crippen LogP contribution >= 0.6 is 0 Å². The maximum absolute atomic E-state index is 11.9. The van der Waals surface area contributed by atoms with Gasteiger partial charge >= 0.3 is 5.97 Å². The van der Waals surface area contributed by atoms with E-state index in [1.54, 1.807) is 6.92 Å². The predicted octanol–water partition coefficient (Wildman–Crippen LogP) is 3.10. The number of benzene rings is 1. The van der Waals surface area contributed by atoms with Crippen molar-refractivity contribution >= 4 is 17.6 Å². The molecule has 21 heavy (non-hydrogen) atoms. The first kappa shape index (κ1) is 15.5. The molecule has 1 aromatic carbocycles. The van der Waals surface area contributed by atoms with Crippen LogP contribution in [0.4, 0.5) is 5.69 Å². The molecule has 1 aliphatic rings. The van der Waals surface area contributed by atoms with Crippen molar-refractivity contribution in [2.75, 3.05) is 18.1 Å². The van der Waals surface area contributed by atoms with Gasteiger partial charge in [-0.05, 0) is 49.9 Å². The number of ether oxygens (including phenoxy) is 1. The molecule has 114 valence electrons. The molecule has 0 N–H and O–H groups in total. The monoisotopic (exact) mass is 289 g/mol. The molecule has 1 heterocycles. The minimum absolute atomic E-state index is 0.0554. The van der Waals surface area contributed by atoms with Crippen LogP contribution in [0.2, 0.25) is 0 Å². The molecule has 1 atom stereocenters. The van der Waals surface area contributed by atoms with E-state index >= 15 is 0 Å². The van der Waals surface area contributed by atoms with Gasteiger partial charge in [-0.3, -0.25) is 9.59 Å². The quantitative estimate of drug-likeness (QED) is 0.800. The summed E-state index contributed by atoms with van der Waals surface area (Å²) in [5, 5.41) is 0. The lowest BCUT2D eigenvalue weighted by molar-refractivity contribution is -0.143. The number of rotatable bonds is 4. The maximum atomic E-state index is 11.9. The number of carbonyl (C=O) groups excluding carboxylic acids is 2. The first-order chi connectivity index (χ1) is 9.93. The Kier molecular flexibility index (Phi) is 4.66. The fraction of sp³-hybridized carbons (Fsp3) is 0.529. The van der Waals surface area contributed by atoms with Crippen molar-refractivity contribution in [3.63, 3.8) is 0 Å². The van der Waals surface area contributed by atoms with Gasteiger partial charge < -0.3 is 9.64 Å². The van der Waals surface area contributed by atoms with Crippen LogP contribution in [0.3, 0.4) is 0 Å². The Morgan fingerprint density at radius 2 is 2.05 bits per heavy atom. The van der Waals surface area contributed by atoms with Crippen LogP contribution in [0.25, 0.3) is 0 Å². The number of aryl methyl sites for hydroxylation is 2. The first-order valence-corrected chi connectivity index (χ1v) is 7.49. The molecule has 0 fully saturated rings. The fourth-order valence-electron chi connectivity index (χ4n) is 3.18. The summed E-state index contributed by atoms with van der Waals surface area (Å²) < 4.78 is 4.99. The lowest BCUT2D eigenvalue weighted by Gasteiger charge is -2.15. The molecule has 0 saturated carbocycles. The summed E-state index contributed by atoms with van der Waals surface area (Å²) in [7, 11) is 0. The highest BCUT2D eigenvalue weighted by Crippen LogP contribution is 2.41. The molecule has 2 rings (SSSR count). The number of carbonyl (C=O) groups is 2. The molecule has 0 aromatic heterocycles. The Bertz CT molecular complexity index is 565. The summed E-state index contributed by atoms with van der Waals surface area (Å²) in [6.07, 6.45) is 1.12. The highest BCUT2D eigenvalue weighted by molar-refractivity contribution is 5.94. The molecule has 1 unspecified atom stereocenters. The second-order valence-corrected chi connectivity index (χ2v) is 5.68. The van der Waals surface area contributed by atoms with Crippen molar-refractivity contribution in [1.82, 2.24) is 0 Å². The molecule has 0 spiro atoms. The molecular formula is C17H23NO3. The zero-order chi connectivity index (χ0) is 15.6. The molecule has 1 aromatic rings. The van der Waals surface area contributed by atoms with E-state index in [0.717, 1.165) is 17.7 Å². The smallest absolute Gasteiger partial charge is 0.305 e. The van der Waals surface area contributed by atoms with Gasteiger partial charge in [0.15, 0.2) is 0 Å². The number of anilines is 1. The predicted molar refractivity (Wildman–Crippen MR) is 82.6 cm³/mol. The molecule has 1 amide bonds. The number of nitrogens with zero attached hydrogens (tertiary/aromatic N) is 1. The van der Waals surface area contributed by atoms with Crippen LogP contribution in [0.15, 0.2) is 12.1 Å². The van der Waals surface area contributed by atoms with Crippen LogP contribution in [0, 0.1) is 13.8 Å². The molecular weight excluding hydrogens is 266 g/mol. The SMILES string of the molecule is CCOC(=O)CCC1CN(C(C)=O)c2cc(C)cc(C)c21. The third-order valence-corrected chi connectivity index (χ3v) is 3.99. The summed E-state index contributed by atoms with van der Waals surface area (Å²) in [6.45, 7) is 8.60. The van der Waals surface area contributed by atoms with Gasteiger partial charge in [-0.25, -0.2) is 0 Å². The zero-order valence-corrected chi connectivity index (χ0v) is 13.2. The zero-order valence-electron chi connectivity index (χ0n) is 13.2. The van der Waals surface area contributed by atoms with E-state index in [1.165, 1.54) is 11.1 Å². The normalized spacial score (nSPS) is 16.8. The van der Waals surface area contributed by atoms with Gasteiger partial charge in [-0.15, -0.1) is 0 Å². The van der Waals surface area contributed by atoms with Crippen molar-refractivity contribution in [3.05, 3.63) is 28.8 Å². The van der Waals surface area contributed by atoms with Crippen LogP contribution in [0.1, 0.15) is 49.3 Å². The summed E-state index contributed by atoms with van der Waals surface area (Å²) in [6, 6.07) is 4.20. The summed E-state index contributed by atoms with van der Waals surface area (Å²) in [5.41, 5.74) is 4.57. The number of esters is 1. The average molecular weight is 289 g/mol. The van der Waals surface area contributed by atoms with E-state index < -0.39 is 0 Å². The second-order valence-electron chi connectivity index (χ2n) is 5.68. The van der Waals surface area contributed by atoms with Gasteiger partial charge in [0, 0.05) is 31.5 Å². The lowest BCUT2D eigenvalue weighted by atomic mass is 9.91.